The van der Waals surface area contributed by atoms with E-state index < -0.39 is 25.1 Å². The fourth-order valence-electron chi connectivity index (χ4n) is 4.46. The highest BCUT2D eigenvalue weighted by molar-refractivity contribution is 9.09. The molecule has 2 heterocycles. The monoisotopic (exact) mass is 671 g/mol. The Balaban J connectivity index is 1.79. The van der Waals surface area contributed by atoms with Gasteiger partial charge in [0.15, 0.2) is 0 Å². The Morgan fingerprint density at radius 2 is 1.45 bits per heavy atom. The molecule has 0 N–H and O–H groups in total. The molecule has 42 heavy (non-hydrogen) atoms. The van der Waals surface area contributed by atoms with Gasteiger partial charge < -0.3 is 0 Å². The standard InChI is InChI=1S/C27H37BrF2N7O4P/c28-13-8-6-4-2-1-3-5-7-9-15-39-42(38,40-16-10-14-31)41-27(18-36-22-32-20-34-36,19-37-23-33-21-35-37)25-12-11-24(29)17-26(25)30/h11-12,17,20-23H,1-10,13,15-16,18-19H2. The highest BCUT2D eigenvalue weighted by atomic mass is 79.9. The van der Waals surface area contributed by atoms with Gasteiger partial charge in [-0.2, -0.15) is 15.5 Å². The second-order valence-electron chi connectivity index (χ2n) is 9.79. The van der Waals surface area contributed by atoms with Crippen LogP contribution in [0.25, 0.3) is 0 Å². The van der Waals surface area contributed by atoms with Crippen molar-refractivity contribution in [3.8, 4) is 6.07 Å². The zero-order chi connectivity index (χ0) is 30.1. The number of benzene rings is 1. The topological polar surface area (TPSA) is 130 Å². The van der Waals surface area contributed by atoms with Crippen LogP contribution in [0.4, 0.5) is 8.78 Å². The molecule has 15 heteroatoms. The molecule has 11 nitrogen and oxygen atoms in total. The predicted molar refractivity (Wildman–Crippen MR) is 154 cm³/mol. The number of aromatic nitrogens is 6. The highest BCUT2D eigenvalue weighted by Gasteiger charge is 2.46. The summed E-state index contributed by atoms with van der Waals surface area (Å²) in [5.41, 5.74) is -1.95. The molecule has 0 aliphatic heterocycles. The molecule has 0 amide bonds. The van der Waals surface area contributed by atoms with E-state index in [9.17, 15) is 8.96 Å². The van der Waals surface area contributed by atoms with E-state index in [-0.39, 0.29) is 38.3 Å². The Hall–Kier alpha value is -2.56. The smallest absolute Gasteiger partial charge is 0.287 e. The molecular formula is C27H37BrF2N7O4P. The quantitative estimate of drug-likeness (QED) is 0.0649. The van der Waals surface area contributed by atoms with E-state index in [1.54, 1.807) is 0 Å². The van der Waals surface area contributed by atoms with Crippen LogP contribution in [-0.2, 0) is 36.8 Å². The minimum atomic E-state index is -4.42. The van der Waals surface area contributed by atoms with Crippen LogP contribution in [0.3, 0.4) is 0 Å². The first-order valence-electron chi connectivity index (χ1n) is 14.0. The number of hydrogen-bond acceptors (Lipinski definition) is 9. The molecule has 1 unspecified atom stereocenters. The molecule has 0 spiro atoms. The average molecular weight is 673 g/mol. The summed E-state index contributed by atoms with van der Waals surface area (Å²) in [5, 5.41) is 18.3. The lowest BCUT2D eigenvalue weighted by Gasteiger charge is -2.36. The van der Waals surface area contributed by atoms with Gasteiger partial charge in [0.1, 0.15) is 42.5 Å². The first kappa shape index (κ1) is 33.9. The SMILES string of the molecule is N#CCCOP(=O)(OCCCCCCCCCCCBr)OC(Cn1cncn1)(Cn1cncn1)c1ccc(F)cc1F. The van der Waals surface area contributed by atoms with Crippen LogP contribution in [0, 0.1) is 23.0 Å². The summed E-state index contributed by atoms with van der Waals surface area (Å²) in [6.07, 6.45) is 14.8. The Kier molecular flexibility index (Phi) is 14.7. The normalized spacial score (nSPS) is 13.2. The molecule has 3 rings (SSSR count). The lowest BCUT2D eigenvalue weighted by atomic mass is 9.93. The summed E-state index contributed by atoms with van der Waals surface area (Å²) in [6.45, 7) is -0.596. The number of phosphoric acid groups is 1. The molecule has 0 saturated carbocycles. The predicted octanol–water partition coefficient (Wildman–Crippen LogP) is 6.72. The van der Waals surface area contributed by atoms with Crippen LogP contribution in [0.5, 0.6) is 0 Å². The van der Waals surface area contributed by atoms with Crippen LogP contribution >= 0.6 is 23.8 Å². The molecule has 2 aromatic heterocycles. The third-order valence-electron chi connectivity index (χ3n) is 6.47. The van der Waals surface area contributed by atoms with Crippen LogP contribution in [-0.4, -0.2) is 48.1 Å². The number of phosphoric ester groups is 1. The Morgan fingerprint density at radius 3 is 1.98 bits per heavy atom. The number of halogens is 3. The first-order chi connectivity index (χ1) is 20.4. The number of nitriles is 1. The number of nitrogens with zero attached hydrogens (tertiary/aromatic N) is 7. The van der Waals surface area contributed by atoms with Gasteiger partial charge in [-0.1, -0.05) is 66.9 Å². The van der Waals surface area contributed by atoms with E-state index >= 15 is 4.39 Å². The van der Waals surface area contributed by atoms with Crippen molar-refractivity contribution in [3.05, 3.63) is 60.7 Å². The second-order valence-corrected chi connectivity index (χ2v) is 12.2. The third kappa shape index (κ3) is 11.3. The molecule has 0 fully saturated rings. The van der Waals surface area contributed by atoms with Gasteiger partial charge >= 0.3 is 7.82 Å². The van der Waals surface area contributed by atoms with Gasteiger partial charge in [-0.25, -0.2) is 32.7 Å². The zero-order valence-electron chi connectivity index (χ0n) is 23.5. The van der Waals surface area contributed by atoms with Gasteiger partial charge in [-0.3, -0.25) is 13.6 Å². The Labute approximate surface area is 253 Å². The molecule has 230 valence electrons. The van der Waals surface area contributed by atoms with Gasteiger partial charge in [0, 0.05) is 17.0 Å². The Morgan fingerprint density at radius 1 is 0.881 bits per heavy atom. The van der Waals surface area contributed by atoms with Crippen molar-refractivity contribution in [2.75, 3.05) is 18.5 Å². The van der Waals surface area contributed by atoms with Crippen molar-refractivity contribution in [2.24, 2.45) is 0 Å². The van der Waals surface area contributed by atoms with Crippen molar-refractivity contribution in [3.63, 3.8) is 0 Å². The summed E-state index contributed by atoms with van der Waals surface area (Å²) in [5.74, 6) is -1.73. The van der Waals surface area contributed by atoms with Gasteiger partial charge in [0.25, 0.3) is 0 Å². The van der Waals surface area contributed by atoms with Crippen LogP contribution in [0.2, 0.25) is 0 Å². The van der Waals surface area contributed by atoms with Gasteiger partial charge in [0.05, 0.1) is 38.8 Å². The largest absolute Gasteiger partial charge is 0.475 e. The van der Waals surface area contributed by atoms with E-state index in [1.165, 1.54) is 72.8 Å². The van der Waals surface area contributed by atoms with Gasteiger partial charge in [0.2, 0.25) is 0 Å². The number of unbranched alkanes of at least 4 members (excludes halogenated alkanes) is 8. The molecular weight excluding hydrogens is 635 g/mol. The van der Waals surface area contributed by atoms with Crippen LogP contribution < -0.4 is 0 Å². The summed E-state index contributed by atoms with van der Waals surface area (Å²) in [6, 6.07) is 4.92. The second kappa shape index (κ2) is 18.2. The fraction of sp³-hybridized carbons (Fsp3) is 0.593. The van der Waals surface area contributed by atoms with Gasteiger partial charge in [-0.15, -0.1) is 0 Å². The highest BCUT2D eigenvalue weighted by Crippen LogP contribution is 2.56. The third-order valence-corrected chi connectivity index (χ3v) is 8.60. The molecule has 0 saturated heterocycles. The number of hydrogen-bond donors (Lipinski definition) is 0. The molecule has 1 aromatic carbocycles. The van der Waals surface area contributed by atoms with Crippen molar-refractivity contribution in [2.45, 2.75) is 82.9 Å². The molecule has 3 aromatic rings. The number of alkyl halides is 1. The zero-order valence-corrected chi connectivity index (χ0v) is 26.0. The fourth-order valence-corrected chi connectivity index (χ4v) is 6.34. The summed E-state index contributed by atoms with van der Waals surface area (Å²) in [4.78, 5) is 7.88. The van der Waals surface area contributed by atoms with E-state index in [0.717, 1.165) is 30.7 Å². The molecule has 1 atom stereocenters. The van der Waals surface area contributed by atoms with E-state index in [4.69, 9.17) is 18.8 Å². The van der Waals surface area contributed by atoms with Crippen LogP contribution in [0.1, 0.15) is 69.8 Å². The summed E-state index contributed by atoms with van der Waals surface area (Å²) < 4.78 is 63.6. The summed E-state index contributed by atoms with van der Waals surface area (Å²) >= 11 is 3.45. The lowest BCUT2D eigenvalue weighted by molar-refractivity contribution is -0.0257. The first-order valence-corrected chi connectivity index (χ1v) is 16.6. The van der Waals surface area contributed by atoms with E-state index in [2.05, 4.69) is 36.1 Å². The van der Waals surface area contributed by atoms with Crippen molar-refractivity contribution < 1.29 is 26.9 Å². The maximum absolute atomic E-state index is 15.4. The van der Waals surface area contributed by atoms with E-state index in [0.29, 0.717) is 12.5 Å². The molecule has 0 aliphatic rings. The minimum Gasteiger partial charge on any atom is -0.287 e. The average Bonchev–Trinajstić information content (AvgIpc) is 3.66. The maximum atomic E-state index is 15.4. The minimum absolute atomic E-state index is 0.0592. The van der Waals surface area contributed by atoms with Crippen molar-refractivity contribution >= 4 is 23.8 Å². The van der Waals surface area contributed by atoms with E-state index in [1.807, 2.05) is 6.07 Å². The molecule has 0 bridgehead atoms. The number of rotatable bonds is 22. The van der Waals surface area contributed by atoms with Crippen molar-refractivity contribution in [1.82, 2.24) is 29.5 Å². The molecule has 0 aliphatic carbocycles. The van der Waals surface area contributed by atoms with Crippen LogP contribution in [0.15, 0.2) is 43.5 Å². The maximum Gasteiger partial charge on any atom is 0.475 e. The van der Waals surface area contributed by atoms with Crippen molar-refractivity contribution in [1.29, 1.82) is 5.26 Å². The molecule has 0 radical (unpaired) electrons. The lowest BCUT2D eigenvalue weighted by Crippen LogP contribution is -2.40. The Bertz CT molecular complexity index is 1230. The summed E-state index contributed by atoms with van der Waals surface area (Å²) in [7, 11) is -4.42. The van der Waals surface area contributed by atoms with Gasteiger partial charge in [-0.05, 0) is 18.9 Å².